The normalized spacial score (nSPS) is 16.3. The van der Waals surface area contributed by atoms with Gasteiger partial charge in [0.25, 0.3) is 0 Å². The van der Waals surface area contributed by atoms with Crippen LogP contribution in [0.15, 0.2) is 17.0 Å². The molecule has 0 saturated heterocycles. The van der Waals surface area contributed by atoms with E-state index in [1.807, 2.05) is 6.92 Å². The molecule has 0 aliphatic carbocycles. The van der Waals surface area contributed by atoms with Gasteiger partial charge in [-0.15, -0.1) is 0 Å². The van der Waals surface area contributed by atoms with Crippen molar-refractivity contribution in [3.05, 3.63) is 23.3 Å². The molecule has 128 valence electrons. The molecule has 0 bridgehead atoms. The quantitative estimate of drug-likeness (QED) is 0.743. The maximum atomic E-state index is 12.5. The summed E-state index contributed by atoms with van der Waals surface area (Å²) in [5.74, 6) is -0.116. The lowest BCUT2D eigenvalue weighted by Crippen LogP contribution is -2.28. The topological polar surface area (TPSA) is 84.5 Å². The molecule has 1 aromatic rings. The summed E-state index contributed by atoms with van der Waals surface area (Å²) in [5, 5.41) is 2.83. The Labute approximate surface area is 137 Å². The van der Waals surface area contributed by atoms with Gasteiger partial charge in [0.15, 0.2) is 0 Å². The molecule has 0 aromatic heterocycles. The van der Waals surface area contributed by atoms with Crippen molar-refractivity contribution in [1.29, 1.82) is 0 Å². The molecular formula is C16H24N2O4S. The van der Waals surface area contributed by atoms with Gasteiger partial charge < -0.3 is 10.1 Å². The van der Waals surface area contributed by atoms with E-state index < -0.39 is 15.4 Å². The number of benzene rings is 1. The zero-order valence-electron chi connectivity index (χ0n) is 14.0. The number of rotatable bonds is 7. The molecule has 2 rings (SSSR count). The van der Waals surface area contributed by atoms with Gasteiger partial charge in [0.1, 0.15) is 0 Å². The van der Waals surface area contributed by atoms with Crippen LogP contribution in [0.25, 0.3) is 0 Å². The number of aryl methyl sites for hydroxylation is 1. The van der Waals surface area contributed by atoms with Crippen molar-refractivity contribution in [1.82, 2.24) is 4.72 Å². The molecule has 1 aliphatic rings. The number of anilines is 1. The summed E-state index contributed by atoms with van der Waals surface area (Å²) in [6.45, 7) is 8.74. The fraction of sp³-hybridized carbons (Fsp3) is 0.562. The summed E-state index contributed by atoms with van der Waals surface area (Å²) < 4.78 is 32.7. The molecule has 2 N–H and O–H groups in total. The van der Waals surface area contributed by atoms with Crippen LogP contribution >= 0.6 is 0 Å². The van der Waals surface area contributed by atoms with Crippen molar-refractivity contribution in [2.45, 2.75) is 44.4 Å². The SMILES string of the molecule is CCOCCCNS(=O)(=O)c1cc(C)c2c(c1)C(C)(C)C(=O)N2. The summed E-state index contributed by atoms with van der Waals surface area (Å²) in [7, 11) is -3.60. The average Bonchev–Trinajstić information content (AvgIpc) is 2.70. The third-order valence-corrected chi connectivity index (χ3v) is 5.50. The lowest BCUT2D eigenvalue weighted by Gasteiger charge is -2.17. The molecule has 1 aromatic carbocycles. The van der Waals surface area contributed by atoms with Gasteiger partial charge in [-0.3, -0.25) is 4.79 Å². The van der Waals surface area contributed by atoms with Crippen LogP contribution in [0.3, 0.4) is 0 Å². The van der Waals surface area contributed by atoms with Crippen molar-refractivity contribution in [2.75, 3.05) is 25.1 Å². The Morgan fingerprint density at radius 3 is 2.65 bits per heavy atom. The summed E-state index contributed by atoms with van der Waals surface area (Å²) in [6.07, 6.45) is 0.614. The van der Waals surface area contributed by atoms with Crippen LogP contribution < -0.4 is 10.0 Å². The highest BCUT2D eigenvalue weighted by Crippen LogP contribution is 2.40. The fourth-order valence-electron chi connectivity index (χ4n) is 2.57. The number of hydrogen-bond donors (Lipinski definition) is 2. The van der Waals surface area contributed by atoms with Gasteiger partial charge in [0.2, 0.25) is 15.9 Å². The first-order valence-corrected chi connectivity index (χ1v) is 9.22. The first-order chi connectivity index (χ1) is 10.7. The number of hydrogen-bond acceptors (Lipinski definition) is 4. The Bertz CT molecular complexity index is 711. The van der Waals surface area contributed by atoms with E-state index in [0.717, 1.165) is 16.8 Å². The van der Waals surface area contributed by atoms with Gasteiger partial charge in [-0.1, -0.05) is 0 Å². The smallest absolute Gasteiger partial charge is 0.240 e. The fourth-order valence-corrected chi connectivity index (χ4v) is 3.75. The summed E-state index contributed by atoms with van der Waals surface area (Å²) >= 11 is 0. The van der Waals surface area contributed by atoms with E-state index in [0.29, 0.717) is 26.2 Å². The van der Waals surface area contributed by atoms with E-state index >= 15 is 0 Å². The van der Waals surface area contributed by atoms with E-state index in [-0.39, 0.29) is 10.8 Å². The van der Waals surface area contributed by atoms with Crippen LogP contribution in [0.1, 0.15) is 38.3 Å². The molecule has 1 aliphatic heterocycles. The Morgan fingerprint density at radius 1 is 1.30 bits per heavy atom. The first-order valence-electron chi connectivity index (χ1n) is 7.74. The summed E-state index contributed by atoms with van der Waals surface area (Å²) in [4.78, 5) is 12.2. The molecule has 23 heavy (non-hydrogen) atoms. The highest BCUT2D eigenvalue weighted by atomic mass is 32.2. The van der Waals surface area contributed by atoms with E-state index in [2.05, 4.69) is 10.0 Å². The van der Waals surface area contributed by atoms with Gasteiger partial charge in [-0.2, -0.15) is 0 Å². The minimum atomic E-state index is -3.60. The molecular weight excluding hydrogens is 316 g/mol. The van der Waals surface area contributed by atoms with E-state index in [4.69, 9.17) is 4.74 Å². The Kier molecular flexibility index (Phi) is 5.13. The molecule has 0 saturated carbocycles. The van der Waals surface area contributed by atoms with Crippen LogP contribution in [0.4, 0.5) is 5.69 Å². The molecule has 6 nitrogen and oxygen atoms in total. The van der Waals surface area contributed by atoms with Crippen LogP contribution in [0, 0.1) is 6.92 Å². The molecule has 1 amide bonds. The number of carbonyl (C=O) groups excluding carboxylic acids is 1. The third kappa shape index (κ3) is 3.57. The molecule has 0 spiro atoms. The maximum Gasteiger partial charge on any atom is 0.240 e. The van der Waals surface area contributed by atoms with E-state index in [1.165, 1.54) is 0 Å². The molecule has 0 unspecified atom stereocenters. The Balaban J connectivity index is 2.23. The van der Waals surface area contributed by atoms with Gasteiger partial charge >= 0.3 is 0 Å². The van der Waals surface area contributed by atoms with Crippen molar-refractivity contribution in [3.63, 3.8) is 0 Å². The number of sulfonamides is 1. The van der Waals surface area contributed by atoms with Crippen molar-refractivity contribution >= 4 is 21.6 Å². The highest BCUT2D eigenvalue weighted by molar-refractivity contribution is 7.89. The number of nitrogens with one attached hydrogen (secondary N) is 2. The van der Waals surface area contributed by atoms with E-state index in [1.54, 1.807) is 32.9 Å². The second kappa shape index (κ2) is 6.59. The Morgan fingerprint density at radius 2 is 2.00 bits per heavy atom. The zero-order valence-corrected chi connectivity index (χ0v) is 14.8. The van der Waals surface area contributed by atoms with Crippen LogP contribution in [-0.4, -0.2) is 34.1 Å². The molecule has 1 heterocycles. The van der Waals surface area contributed by atoms with Crippen LogP contribution in [-0.2, 0) is 25.0 Å². The number of carbonyl (C=O) groups is 1. The monoisotopic (exact) mass is 340 g/mol. The molecule has 0 atom stereocenters. The minimum absolute atomic E-state index is 0.116. The van der Waals surface area contributed by atoms with Crippen LogP contribution in [0.2, 0.25) is 0 Å². The maximum absolute atomic E-state index is 12.5. The van der Waals surface area contributed by atoms with Crippen LogP contribution in [0.5, 0.6) is 0 Å². The predicted octanol–water partition coefficient (Wildman–Crippen LogP) is 1.93. The van der Waals surface area contributed by atoms with Gasteiger partial charge in [-0.25, -0.2) is 13.1 Å². The zero-order chi connectivity index (χ0) is 17.3. The minimum Gasteiger partial charge on any atom is -0.382 e. The summed E-state index contributed by atoms with van der Waals surface area (Å²) in [5.41, 5.74) is 1.45. The van der Waals surface area contributed by atoms with Crippen molar-refractivity contribution in [3.8, 4) is 0 Å². The largest absolute Gasteiger partial charge is 0.382 e. The van der Waals surface area contributed by atoms with E-state index in [9.17, 15) is 13.2 Å². The molecule has 0 radical (unpaired) electrons. The van der Waals surface area contributed by atoms with Gasteiger partial charge in [0.05, 0.1) is 10.3 Å². The highest BCUT2D eigenvalue weighted by Gasteiger charge is 2.40. The standard InChI is InChI=1S/C16H24N2O4S/c1-5-22-8-6-7-17-23(20,21)12-9-11(2)14-13(10-12)16(3,4)15(19)18-14/h9-10,17H,5-8H2,1-4H3,(H,18,19). The lowest BCUT2D eigenvalue weighted by atomic mass is 9.85. The Hall–Kier alpha value is -1.44. The molecule has 0 fully saturated rings. The van der Waals surface area contributed by atoms with Crippen molar-refractivity contribution in [2.24, 2.45) is 0 Å². The predicted molar refractivity (Wildman–Crippen MR) is 89.1 cm³/mol. The summed E-state index contributed by atoms with van der Waals surface area (Å²) in [6, 6.07) is 3.18. The number of amides is 1. The average molecular weight is 340 g/mol. The van der Waals surface area contributed by atoms with Gasteiger partial charge in [0, 0.05) is 25.4 Å². The molecule has 7 heteroatoms. The number of fused-ring (bicyclic) bond motifs is 1. The third-order valence-electron chi connectivity index (χ3n) is 4.06. The second-order valence-electron chi connectivity index (χ2n) is 6.19. The first kappa shape index (κ1) is 17.9. The van der Waals surface area contributed by atoms with Crippen molar-refractivity contribution < 1.29 is 17.9 Å². The lowest BCUT2D eigenvalue weighted by molar-refractivity contribution is -0.119. The number of ether oxygens (including phenoxy) is 1. The van der Waals surface area contributed by atoms with Gasteiger partial charge in [-0.05, 0) is 57.4 Å². The second-order valence-corrected chi connectivity index (χ2v) is 7.96.